The highest BCUT2D eigenvalue weighted by molar-refractivity contribution is 9.10. The van der Waals surface area contributed by atoms with Crippen molar-refractivity contribution in [2.45, 2.75) is 12.8 Å². The molecule has 3 aromatic carbocycles. The molecule has 0 radical (unpaired) electrons. The van der Waals surface area contributed by atoms with E-state index in [2.05, 4.69) is 89.6 Å². The molecule has 3 aromatic rings. The predicted octanol–water partition coefficient (Wildman–Crippen LogP) is 6.07. The molecule has 0 nitrogen and oxygen atoms in total. The highest BCUT2D eigenvalue weighted by Crippen LogP contribution is 2.41. The van der Waals surface area contributed by atoms with Gasteiger partial charge in [-0.05, 0) is 55.9 Å². The van der Waals surface area contributed by atoms with E-state index in [1.54, 1.807) is 0 Å². The molecule has 0 N–H and O–H groups in total. The molecular weight excluding hydrogens is 320 g/mol. The second-order valence-corrected chi connectivity index (χ2v) is 6.40. The number of allylic oxidation sites excluding steroid dienone is 1. The van der Waals surface area contributed by atoms with Crippen LogP contribution in [0.4, 0.5) is 0 Å². The van der Waals surface area contributed by atoms with Gasteiger partial charge in [-0.1, -0.05) is 66.7 Å². The Balaban J connectivity index is 1.95. The van der Waals surface area contributed by atoms with Gasteiger partial charge in [-0.2, -0.15) is 0 Å². The molecule has 0 fully saturated rings. The van der Waals surface area contributed by atoms with Gasteiger partial charge in [-0.15, -0.1) is 0 Å². The quantitative estimate of drug-likeness (QED) is 0.506. The second-order valence-electron chi connectivity index (χ2n) is 5.61. The first-order chi connectivity index (χ1) is 10.3. The lowest BCUT2D eigenvalue weighted by molar-refractivity contribution is 1.04. The maximum absolute atomic E-state index is 3.86. The smallest absolute Gasteiger partial charge is 0.0297 e. The third-order valence-corrected chi connectivity index (χ3v) is 5.21. The van der Waals surface area contributed by atoms with Crippen molar-refractivity contribution in [2.24, 2.45) is 0 Å². The van der Waals surface area contributed by atoms with E-state index >= 15 is 0 Å². The number of halogens is 1. The lowest BCUT2D eigenvalue weighted by Crippen LogP contribution is -1.98. The van der Waals surface area contributed by atoms with Crippen LogP contribution in [0.3, 0.4) is 0 Å². The fourth-order valence-corrected chi connectivity index (χ4v) is 4.21. The van der Waals surface area contributed by atoms with Crippen LogP contribution in [0.25, 0.3) is 16.8 Å². The highest BCUT2D eigenvalue weighted by Gasteiger charge is 2.21. The predicted molar refractivity (Wildman–Crippen MR) is 93.7 cm³/mol. The SMILES string of the molecule is Cc1cccc2ccc(C3C=Cc4ccccc43)c(Br)c12. The van der Waals surface area contributed by atoms with Gasteiger partial charge in [0.25, 0.3) is 0 Å². The van der Waals surface area contributed by atoms with Crippen molar-refractivity contribution in [3.8, 4) is 0 Å². The summed E-state index contributed by atoms with van der Waals surface area (Å²) >= 11 is 3.86. The molecule has 1 unspecified atom stereocenters. The van der Waals surface area contributed by atoms with Crippen LogP contribution in [0.1, 0.15) is 28.2 Å². The Morgan fingerprint density at radius 1 is 0.857 bits per heavy atom. The van der Waals surface area contributed by atoms with Gasteiger partial charge in [0, 0.05) is 10.4 Å². The molecule has 102 valence electrons. The van der Waals surface area contributed by atoms with E-state index in [1.165, 1.54) is 37.5 Å². The standard InChI is InChI=1S/C20H15Br/c1-13-5-4-7-15-10-12-18(20(21)19(13)15)17-11-9-14-6-2-3-8-16(14)17/h2-12,17H,1H3. The third kappa shape index (κ3) is 1.96. The van der Waals surface area contributed by atoms with Crippen molar-refractivity contribution in [1.29, 1.82) is 0 Å². The number of fused-ring (bicyclic) bond motifs is 2. The van der Waals surface area contributed by atoms with E-state index < -0.39 is 0 Å². The fourth-order valence-electron chi connectivity index (χ4n) is 3.29. The van der Waals surface area contributed by atoms with E-state index in [9.17, 15) is 0 Å². The minimum atomic E-state index is 0.347. The van der Waals surface area contributed by atoms with Crippen molar-refractivity contribution in [3.63, 3.8) is 0 Å². The summed E-state index contributed by atoms with van der Waals surface area (Å²) in [4.78, 5) is 0. The zero-order chi connectivity index (χ0) is 14.4. The molecule has 1 aliphatic rings. The van der Waals surface area contributed by atoms with E-state index in [1.807, 2.05) is 0 Å². The van der Waals surface area contributed by atoms with Gasteiger partial charge in [0.15, 0.2) is 0 Å². The van der Waals surface area contributed by atoms with Crippen molar-refractivity contribution in [2.75, 3.05) is 0 Å². The van der Waals surface area contributed by atoms with Crippen molar-refractivity contribution >= 4 is 32.8 Å². The van der Waals surface area contributed by atoms with Crippen molar-refractivity contribution in [3.05, 3.63) is 87.4 Å². The molecular formula is C20H15Br. The molecule has 1 aliphatic carbocycles. The molecule has 0 amide bonds. The van der Waals surface area contributed by atoms with Crippen LogP contribution in [0.5, 0.6) is 0 Å². The first-order valence-electron chi connectivity index (χ1n) is 7.20. The van der Waals surface area contributed by atoms with Crippen molar-refractivity contribution < 1.29 is 0 Å². The first-order valence-corrected chi connectivity index (χ1v) is 8.00. The van der Waals surface area contributed by atoms with Gasteiger partial charge in [-0.25, -0.2) is 0 Å². The average molecular weight is 335 g/mol. The van der Waals surface area contributed by atoms with Crippen LogP contribution >= 0.6 is 15.9 Å². The lowest BCUT2D eigenvalue weighted by atomic mass is 9.91. The zero-order valence-electron chi connectivity index (χ0n) is 11.8. The summed E-state index contributed by atoms with van der Waals surface area (Å²) in [6, 6.07) is 19.6. The molecule has 0 heterocycles. The summed E-state index contributed by atoms with van der Waals surface area (Å²) in [5.74, 6) is 0.347. The van der Waals surface area contributed by atoms with Crippen LogP contribution in [0, 0.1) is 6.92 Å². The number of hydrogen-bond acceptors (Lipinski definition) is 0. The minimum absolute atomic E-state index is 0.347. The topological polar surface area (TPSA) is 0 Å². The molecule has 0 saturated heterocycles. The summed E-state index contributed by atoms with van der Waals surface area (Å²) in [7, 11) is 0. The molecule has 4 rings (SSSR count). The molecule has 21 heavy (non-hydrogen) atoms. The van der Waals surface area contributed by atoms with E-state index in [0.29, 0.717) is 5.92 Å². The lowest BCUT2D eigenvalue weighted by Gasteiger charge is -2.16. The van der Waals surface area contributed by atoms with Gasteiger partial charge < -0.3 is 0 Å². The highest BCUT2D eigenvalue weighted by atomic mass is 79.9. The normalized spacial score (nSPS) is 16.4. The molecule has 0 aromatic heterocycles. The Labute approximate surface area is 133 Å². The summed E-state index contributed by atoms with van der Waals surface area (Å²) in [6.45, 7) is 2.18. The van der Waals surface area contributed by atoms with E-state index in [-0.39, 0.29) is 0 Å². The second kappa shape index (κ2) is 4.85. The number of benzene rings is 3. The minimum Gasteiger partial charge on any atom is -0.0720 e. The Morgan fingerprint density at radius 3 is 2.62 bits per heavy atom. The van der Waals surface area contributed by atoms with Crippen molar-refractivity contribution in [1.82, 2.24) is 0 Å². The summed E-state index contributed by atoms with van der Waals surface area (Å²) in [5, 5.41) is 2.62. The number of rotatable bonds is 1. The largest absolute Gasteiger partial charge is 0.0720 e. The Hall–Kier alpha value is -1.86. The maximum atomic E-state index is 3.86. The Kier molecular flexibility index (Phi) is 2.97. The molecule has 0 spiro atoms. The van der Waals surface area contributed by atoms with Gasteiger partial charge in [0.1, 0.15) is 0 Å². The zero-order valence-corrected chi connectivity index (χ0v) is 13.4. The summed E-state index contributed by atoms with van der Waals surface area (Å²) in [6.07, 6.45) is 4.53. The molecule has 1 heteroatoms. The maximum Gasteiger partial charge on any atom is 0.0297 e. The molecule has 0 aliphatic heterocycles. The van der Waals surface area contributed by atoms with Crippen LogP contribution in [-0.2, 0) is 0 Å². The molecule has 0 saturated carbocycles. The summed E-state index contributed by atoms with van der Waals surface area (Å²) in [5.41, 5.74) is 5.39. The summed E-state index contributed by atoms with van der Waals surface area (Å²) < 4.78 is 1.23. The van der Waals surface area contributed by atoms with Gasteiger partial charge in [0.2, 0.25) is 0 Å². The third-order valence-electron chi connectivity index (χ3n) is 4.35. The molecule has 0 bridgehead atoms. The number of hydrogen-bond donors (Lipinski definition) is 0. The van der Waals surface area contributed by atoms with Crippen LogP contribution in [0.15, 0.2) is 65.1 Å². The van der Waals surface area contributed by atoms with Gasteiger partial charge >= 0.3 is 0 Å². The fraction of sp³-hybridized carbons (Fsp3) is 0.100. The van der Waals surface area contributed by atoms with E-state index in [4.69, 9.17) is 0 Å². The molecule has 1 atom stereocenters. The monoisotopic (exact) mass is 334 g/mol. The first kappa shape index (κ1) is 12.8. The van der Waals surface area contributed by atoms with Crippen LogP contribution in [-0.4, -0.2) is 0 Å². The Morgan fingerprint density at radius 2 is 1.71 bits per heavy atom. The number of aryl methyl sites for hydroxylation is 1. The van der Waals surface area contributed by atoms with E-state index in [0.717, 1.165) is 0 Å². The average Bonchev–Trinajstić information content (AvgIpc) is 2.92. The van der Waals surface area contributed by atoms with Crippen LogP contribution in [0.2, 0.25) is 0 Å². The van der Waals surface area contributed by atoms with Crippen LogP contribution < -0.4 is 0 Å². The van der Waals surface area contributed by atoms with Gasteiger partial charge in [-0.3, -0.25) is 0 Å². The Bertz CT molecular complexity index is 874. The van der Waals surface area contributed by atoms with Gasteiger partial charge in [0.05, 0.1) is 0 Å².